The van der Waals surface area contributed by atoms with E-state index in [9.17, 15) is 4.79 Å². The number of rotatable bonds is 2. The van der Waals surface area contributed by atoms with Crippen LogP contribution in [-0.4, -0.2) is 10.9 Å². The Balaban J connectivity index is 1.87. The van der Waals surface area contributed by atoms with Crippen molar-refractivity contribution in [2.75, 3.05) is 5.32 Å². The molecule has 0 aliphatic heterocycles. The summed E-state index contributed by atoms with van der Waals surface area (Å²) < 4.78 is 0.678. The van der Waals surface area contributed by atoms with E-state index in [1.165, 1.54) is 0 Å². The number of nitriles is 1. The molecule has 0 aliphatic rings. The summed E-state index contributed by atoms with van der Waals surface area (Å²) in [4.78, 5) is 15.4. The van der Waals surface area contributed by atoms with Crippen LogP contribution < -0.4 is 5.32 Å². The first-order chi connectivity index (χ1) is 10.2. The molecule has 0 atom stereocenters. The highest BCUT2D eigenvalue weighted by molar-refractivity contribution is 9.10. The van der Waals surface area contributed by atoms with Crippen LogP contribution in [0.4, 0.5) is 5.69 Å². The van der Waals surface area contributed by atoms with E-state index in [1.807, 2.05) is 24.4 Å². The molecule has 0 spiro atoms. The minimum atomic E-state index is -0.191. The van der Waals surface area contributed by atoms with Crippen molar-refractivity contribution in [1.82, 2.24) is 4.98 Å². The van der Waals surface area contributed by atoms with Crippen molar-refractivity contribution in [3.8, 4) is 6.07 Å². The number of aromatic amines is 1. The molecule has 0 aliphatic carbocycles. The maximum atomic E-state index is 12.3. The second-order valence-electron chi connectivity index (χ2n) is 4.54. The zero-order chi connectivity index (χ0) is 14.8. The summed E-state index contributed by atoms with van der Waals surface area (Å²) in [5, 5.41) is 12.6. The van der Waals surface area contributed by atoms with Crippen molar-refractivity contribution in [2.45, 2.75) is 0 Å². The third-order valence-electron chi connectivity index (χ3n) is 3.16. The lowest BCUT2D eigenvalue weighted by Crippen LogP contribution is -2.12. The standard InChI is InChI=1S/C16H10BrN3O/c17-13-7-10(9-18)1-3-15(13)20-16(21)12-2-4-14-11(8-12)5-6-19-14/h1-8,19H,(H,20,21). The fourth-order valence-electron chi connectivity index (χ4n) is 2.08. The summed E-state index contributed by atoms with van der Waals surface area (Å²) in [5.74, 6) is -0.191. The van der Waals surface area contributed by atoms with E-state index < -0.39 is 0 Å². The highest BCUT2D eigenvalue weighted by Crippen LogP contribution is 2.24. The van der Waals surface area contributed by atoms with E-state index in [-0.39, 0.29) is 5.91 Å². The van der Waals surface area contributed by atoms with E-state index in [2.05, 4.69) is 32.3 Å². The van der Waals surface area contributed by atoms with Gasteiger partial charge in [-0.15, -0.1) is 0 Å². The Morgan fingerprint density at radius 1 is 1.19 bits per heavy atom. The number of fused-ring (bicyclic) bond motifs is 1. The molecule has 0 bridgehead atoms. The van der Waals surface area contributed by atoms with E-state index in [0.717, 1.165) is 10.9 Å². The number of benzene rings is 2. The van der Waals surface area contributed by atoms with Crippen molar-refractivity contribution >= 4 is 38.4 Å². The van der Waals surface area contributed by atoms with Crippen LogP contribution in [0.3, 0.4) is 0 Å². The first kappa shape index (κ1) is 13.4. The van der Waals surface area contributed by atoms with Crippen LogP contribution in [0.2, 0.25) is 0 Å². The highest BCUT2D eigenvalue weighted by atomic mass is 79.9. The summed E-state index contributed by atoms with van der Waals surface area (Å²) in [6.45, 7) is 0. The molecule has 2 aromatic carbocycles. The molecule has 0 saturated heterocycles. The normalized spacial score (nSPS) is 10.3. The Morgan fingerprint density at radius 3 is 2.81 bits per heavy atom. The van der Waals surface area contributed by atoms with Crippen LogP contribution in [0, 0.1) is 11.3 Å². The van der Waals surface area contributed by atoms with Gasteiger partial charge in [0, 0.05) is 27.1 Å². The number of carbonyl (C=O) groups excluding carboxylic acids is 1. The minimum Gasteiger partial charge on any atom is -0.361 e. The van der Waals surface area contributed by atoms with Gasteiger partial charge in [0.1, 0.15) is 0 Å². The van der Waals surface area contributed by atoms with Crippen LogP contribution in [0.5, 0.6) is 0 Å². The Kier molecular flexibility index (Phi) is 3.46. The average Bonchev–Trinajstić information content (AvgIpc) is 2.96. The van der Waals surface area contributed by atoms with Crippen molar-refractivity contribution in [1.29, 1.82) is 5.26 Å². The van der Waals surface area contributed by atoms with E-state index in [4.69, 9.17) is 5.26 Å². The van der Waals surface area contributed by atoms with Gasteiger partial charge in [0.15, 0.2) is 0 Å². The lowest BCUT2D eigenvalue weighted by atomic mass is 10.1. The molecule has 0 fully saturated rings. The lowest BCUT2D eigenvalue weighted by molar-refractivity contribution is 0.102. The Hall–Kier alpha value is -2.58. The monoisotopic (exact) mass is 339 g/mol. The number of anilines is 1. The Labute approximate surface area is 129 Å². The van der Waals surface area contributed by atoms with Gasteiger partial charge < -0.3 is 10.3 Å². The highest BCUT2D eigenvalue weighted by Gasteiger charge is 2.09. The molecule has 4 nitrogen and oxygen atoms in total. The second-order valence-corrected chi connectivity index (χ2v) is 5.39. The van der Waals surface area contributed by atoms with Crippen molar-refractivity contribution in [3.63, 3.8) is 0 Å². The predicted molar refractivity (Wildman–Crippen MR) is 85.1 cm³/mol. The molecule has 5 heteroatoms. The van der Waals surface area contributed by atoms with Crippen LogP contribution in [0.15, 0.2) is 53.1 Å². The minimum absolute atomic E-state index is 0.191. The van der Waals surface area contributed by atoms with Gasteiger partial charge >= 0.3 is 0 Å². The number of amides is 1. The summed E-state index contributed by atoms with van der Waals surface area (Å²) in [7, 11) is 0. The number of nitrogens with one attached hydrogen (secondary N) is 2. The summed E-state index contributed by atoms with van der Waals surface area (Å²) in [5.41, 5.74) is 2.74. The lowest BCUT2D eigenvalue weighted by Gasteiger charge is -2.08. The van der Waals surface area contributed by atoms with Crippen LogP contribution >= 0.6 is 15.9 Å². The average molecular weight is 340 g/mol. The zero-order valence-electron chi connectivity index (χ0n) is 10.9. The van der Waals surface area contributed by atoms with Gasteiger partial charge in [-0.3, -0.25) is 4.79 Å². The number of hydrogen-bond donors (Lipinski definition) is 2. The molecular weight excluding hydrogens is 330 g/mol. The topological polar surface area (TPSA) is 68.7 Å². The van der Waals surface area contributed by atoms with E-state index >= 15 is 0 Å². The first-order valence-corrected chi connectivity index (χ1v) is 7.05. The number of carbonyl (C=O) groups is 1. The molecule has 1 aromatic heterocycles. The SMILES string of the molecule is N#Cc1ccc(NC(=O)c2ccc3[nH]ccc3c2)c(Br)c1. The molecule has 21 heavy (non-hydrogen) atoms. The molecule has 102 valence electrons. The van der Waals surface area contributed by atoms with Gasteiger partial charge in [-0.05, 0) is 58.4 Å². The number of halogens is 1. The molecule has 0 unspecified atom stereocenters. The zero-order valence-corrected chi connectivity index (χ0v) is 12.4. The summed E-state index contributed by atoms with van der Waals surface area (Å²) in [6, 6.07) is 14.5. The number of nitrogens with zero attached hydrogens (tertiary/aromatic N) is 1. The van der Waals surface area contributed by atoms with Crippen LogP contribution in [-0.2, 0) is 0 Å². The second kappa shape index (κ2) is 5.43. The van der Waals surface area contributed by atoms with Gasteiger partial charge in [0.2, 0.25) is 0 Å². The number of H-pyrrole nitrogens is 1. The molecule has 0 radical (unpaired) electrons. The fraction of sp³-hybridized carbons (Fsp3) is 0. The van der Waals surface area contributed by atoms with Crippen LogP contribution in [0.25, 0.3) is 10.9 Å². The van der Waals surface area contributed by atoms with Gasteiger partial charge in [0.25, 0.3) is 5.91 Å². The third kappa shape index (κ3) is 2.67. The summed E-state index contributed by atoms with van der Waals surface area (Å²) >= 11 is 3.35. The van der Waals surface area contributed by atoms with Gasteiger partial charge in [-0.1, -0.05) is 0 Å². The maximum Gasteiger partial charge on any atom is 0.255 e. The molecular formula is C16H10BrN3O. The summed E-state index contributed by atoms with van der Waals surface area (Å²) in [6.07, 6.45) is 1.84. The maximum absolute atomic E-state index is 12.3. The van der Waals surface area contributed by atoms with E-state index in [1.54, 1.807) is 24.3 Å². The van der Waals surface area contributed by atoms with Gasteiger partial charge in [-0.2, -0.15) is 5.26 Å². The largest absolute Gasteiger partial charge is 0.361 e. The Bertz CT molecular complexity index is 877. The van der Waals surface area contributed by atoms with Gasteiger partial charge in [-0.25, -0.2) is 0 Å². The molecule has 2 N–H and O–H groups in total. The Morgan fingerprint density at radius 2 is 2.05 bits per heavy atom. The molecule has 1 amide bonds. The predicted octanol–water partition coefficient (Wildman–Crippen LogP) is 4.05. The first-order valence-electron chi connectivity index (χ1n) is 6.25. The number of hydrogen-bond acceptors (Lipinski definition) is 2. The molecule has 0 saturated carbocycles. The smallest absolute Gasteiger partial charge is 0.255 e. The number of aromatic nitrogens is 1. The van der Waals surface area contributed by atoms with Crippen molar-refractivity contribution in [3.05, 3.63) is 64.3 Å². The third-order valence-corrected chi connectivity index (χ3v) is 3.82. The van der Waals surface area contributed by atoms with Gasteiger partial charge in [0.05, 0.1) is 17.3 Å². The molecule has 1 heterocycles. The fourth-order valence-corrected chi connectivity index (χ4v) is 2.55. The van der Waals surface area contributed by atoms with Crippen molar-refractivity contribution in [2.24, 2.45) is 0 Å². The molecule has 3 aromatic rings. The molecule has 3 rings (SSSR count). The van der Waals surface area contributed by atoms with E-state index in [0.29, 0.717) is 21.3 Å². The van der Waals surface area contributed by atoms with Crippen molar-refractivity contribution < 1.29 is 4.79 Å². The quantitative estimate of drug-likeness (QED) is 0.739. The van der Waals surface area contributed by atoms with Crippen LogP contribution in [0.1, 0.15) is 15.9 Å².